The monoisotopic (exact) mass is 253 g/mol. The largest absolute Gasteiger partial charge is 0.340 e. The summed E-state index contributed by atoms with van der Waals surface area (Å²) in [5.41, 5.74) is 1.10. The van der Waals surface area contributed by atoms with Gasteiger partial charge in [0.05, 0.1) is 10.7 Å². The van der Waals surface area contributed by atoms with E-state index < -0.39 is 0 Å². The molecular weight excluding hydrogens is 234 g/mol. The third-order valence-corrected chi connectivity index (χ3v) is 4.23. The summed E-state index contributed by atoms with van der Waals surface area (Å²) in [6.07, 6.45) is 1.37. The van der Waals surface area contributed by atoms with E-state index in [1.54, 1.807) is 11.3 Å². The number of nitrogens with one attached hydrogen (secondary N) is 1. The molecule has 1 aromatic heterocycles. The molecule has 1 saturated heterocycles. The average Bonchev–Trinajstić information content (AvgIpc) is 2.67. The predicted molar refractivity (Wildman–Crippen MR) is 69.4 cm³/mol. The lowest BCUT2D eigenvalue weighted by Crippen LogP contribution is -2.46. The summed E-state index contributed by atoms with van der Waals surface area (Å²) in [5.74, 6) is 0.261. The Kier molecular flexibility index (Phi) is 4.12. The minimum atomic E-state index is 0.261. The van der Waals surface area contributed by atoms with Crippen LogP contribution in [-0.2, 0) is 11.2 Å². The second-order valence-corrected chi connectivity index (χ2v) is 5.67. The number of carbonyl (C=O) groups is 1. The lowest BCUT2D eigenvalue weighted by molar-refractivity contribution is -0.131. The molecule has 2 heterocycles. The van der Waals surface area contributed by atoms with Crippen LogP contribution < -0.4 is 5.32 Å². The van der Waals surface area contributed by atoms with Gasteiger partial charge in [-0.15, -0.1) is 11.3 Å². The Morgan fingerprint density at radius 1 is 1.41 bits per heavy atom. The minimum absolute atomic E-state index is 0.261. The van der Waals surface area contributed by atoms with Crippen molar-refractivity contribution in [1.82, 2.24) is 15.2 Å². The predicted octanol–water partition coefficient (Wildman–Crippen LogP) is 1.12. The van der Waals surface area contributed by atoms with Crippen LogP contribution >= 0.6 is 11.3 Å². The fourth-order valence-electron chi connectivity index (χ4n) is 1.93. The summed E-state index contributed by atoms with van der Waals surface area (Å²) in [6, 6.07) is 0. The van der Waals surface area contributed by atoms with Crippen molar-refractivity contribution in [2.24, 2.45) is 0 Å². The summed E-state index contributed by atoms with van der Waals surface area (Å²) in [5, 5.41) is 4.34. The van der Waals surface area contributed by atoms with E-state index in [1.807, 2.05) is 11.8 Å². The van der Waals surface area contributed by atoms with Gasteiger partial charge in [0.25, 0.3) is 0 Å². The topological polar surface area (TPSA) is 45.2 Å². The van der Waals surface area contributed by atoms with Gasteiger partial charge in [0, 0.05) is 43.9 Å². The van der Waals surface area contributed by atoms with Crippen LogP contribution in [0.2, 0.25) is 0 Å². The molecule has 0 saturated carbocycles. The maximum atomic E-state index is 11.9. The average molecular weight is 253 g/mol. The highest BCUT2D eigenvalue weighted by atomic mass is 32.1. The second kappa shape index (κ2) is 5.60. The number of thiazole rings is 1. The number of carbonyl (C=O) groups excluding carboxylic acids is 1. The standard InChI is InChI=1S/C12H19N3OS/c1-9-10(2)17-11(14-9)3-4-12(16)15-7-5-13-6-8-15/h13H,3-8H2,1-2H3. The Morgan fingerprint density at radius 3 is 2.71 bits per heavy atom. The Bertz CT molecular complexity index is 377. The Balaban J connectivity index is 1.83. The highest BCUT2D eigenvalue weighted by Gasteiger charge is 2.16. The number of rotatable bonds is 3. The van der Waals surface area contributed by atoms with Crippen molar-refractivity contribution in [2.45, 2.75) is 26.7 Å². The van der Waals surface area contributed by atoms with E-state index in [2.05, 4.69) is 17.2 Å². The number of nitrogens with zero attached hydrogens (tertiary/aromatic N) is 2. The van der Waals surface area contributed by atoms with E-state index in [0.717, 1.165) is 43.3 Å². The molecule has 0 atom stereocenters. The van der Waals surface area contributed by atoms with Crippen LogP contribution in [0.1, 0.15) is 22.0 Å². The molecule has 0 aliphatic carbocycles. The molecule has 1 fully saturated rings. The number of aromatic nitrogens is 1. The smallest absolute Gasteiger partial charge is 0.223 e. The molecule has 17 heavy (non-hydrogen) atoms. The molecule has 0 spiro atoms. The Morgan fingerprint density at radius 2 is 2.12 bits per heavy atom. The minimum Gasteiger partial charge on any atom is -0.340 e. The van der Waals surface area contributed by atoms with E-state index in [4.69, 9.17) is 0 Å². The molecular formula is C12H19N3OS. The first-order valence-corrected chi connectivity index (χ1v) is 6.90. The molecule has 4 nitrogen and oxygen atoms in total. The van der Waals surface area contributed by atoms with Crippen LogP contribution in [-0.4, -0.2) is 42.0 Å². The maximum absolute atomic E-state index is 11.9. The van der Waals surface area contributed by atoms with Gasteiger partial charge in [0.2, 0.25) is 5.91 Å². The van der Waals surface area contributed by atoms with Gasteiger partial charge in [-0.2, -0.15) is 0 Å². The molecule has 0 unspecified atom stereocenters. The molecule has 2 rings (SSSR count). The molecule has 1 aromatic rings. The molecule has 5 heteroatoms. The summed E-state index contributed by atoms with van der Waals surface area (Å²) in [6.45, 7) is 7.62. The molecule has 1 aliphatic heterocycles. The SMILES string of the molecule is Cc1nc(CCC(=O)N2CCNCC2)sc1C. The van der Waals surface area contributed by atoms with Crippen molar-refractivity contribution < 1.29 is 4.79 Å². The van der Waals surface area contributed by atoms with Gasteiger partial charge in [0.1, 0.15) is 0 Å². The van der Waals surface area contributed by atoms with Crippen molar-refractivity contribution in [3.05, 3.63) is 15.6 Å². The van der Waals surface area contributed by atoms with Gasteiger partial charge in [0.15, 0.2) is 0 Å². The van der Waals surface area contributed by atoms with Crippen molar-refractivity contribution in [1.29, 1.82) is 0 Å². The normalized spacial score (nSPS) is 16.2. The zero-order valence-corrected chi connectivity index (χ0v) is 11.3. The summed E-state index contributed by atoms with van der Waals surface area (Å²) in [4.78, 5) is 19.6. The highest BCUT2D eigenvalue weighted by Crippen LogP contribution is 2.18. The van der Waals surface area contributed by atoms with Gasteiger partial charge in [-0.3, -0.25) is 4.79 Å². The number of amides is 1. The van der Waals surface area contributed by atoms with Crippen LogP contribution in [0.3, 0.4) is 0 Å². The van der Waals surface area contributed by atoms with Gasteiger partial charge in [-0.25, -0.2) is 4.98 Å². The summed E-state index contributed by atoms with van der Waals surface area (Å²) in [7, 11) is 0. The van der Waals surface area contributed by atoms with Crippen LogP contribution in [0.25, 0.3) is 0 Å². The van der Waals surface area contributed by atoms with Crippen molar-refractivity contribution in [2.75, 3.05) is 26.2 Å². The second-order valence-electron chi connectivity index (χ2n) is 4.38. The number of piperazine rings is 1. The van der Waals surface area contributed by atoms with Gasteiger partial charge in [-0.1, -0.05) is 0 Å². The number of hydrogen-bond acceptors (Lipinski definition) is 4. The zero-order chi connectivity index (χ0) is 12.3. The van der Waals surface area contributed by atoms with Crippen LogP contribution in [0.4, 0.5) is 0 Å². The molecule has 0 bridgehead atoms. The third-order valence-electron chi connectivity index (χ3n) is 3.10. The zero-order valence-electron chi connectivity index (χ0n) is 10.5. The molecule has 1 aliphatic rings. The first-order chi connectivity index (χ1) is 8.16. The van der Waals surface area contributed by atoms with E-state index in [-0.39, 0.29) is 5.91 Å². The molecule has 94 valence electrons. The van der Waals surface area contributed by atoms with Crippen molar-refractivity contribution in [3.8, 4) is 0 Å². The van der Waals surface area contributed by atoms with E-state index in [1.165, 1.54) is 4.88 Å². The highest BCUT2D eigenvalue weighted by molar-refractivity contribution is 7.11. The van der Waals surface area contributed by atoms with E-state index in [0.29, 0.717) is 6.42 Å². The molecule has 1 N–H and O–H groups in total. The fraction of sp³-hybridized carbons (Fsp3) is 0.667. The summed E-state index contributed by atoms with van der Waals surface area (Å²) >= 11 is 1.71. The van der Waals surface area contributed by atoms with Gasteiger partial charge >= 0.3 is 0 Å². The Hall–Kier alpha value is -0.940. The summed E-state index contributed by atoms with van der Waals surface area (Å²) < 4.78 is 0. The van der Waals surface area contributed by atoms with E-state index in [9.17, 15) is 4.79 Å². The van der Waals surface area contributed by atoms with E-state index >= 15 is 0 Å². The molecule has 0 radical (unpaired) electrons. The number of hydrogen-bond donors (Lipinski definition) is 1. The maximum Gasteiger partial charge on any atom is 0.223 e. The van der Waals surface area contributed by atoms with Gasteiger partial charge in [-0.05, 0) is 13.8 Å². The first-order valence-electron chi connectivity index (χ1n) is 6.08. The number of aryl methyl sites for hydroxylation is 3. The molecule has 1 amide bonds. The van der Waals surface area contributed by atoms with Crippen LogP contribution in [0, 0.1) is 13.8 Å². The lowest BCUT2D eigenvalue weighted by Gasteiger charge is -2.27. The quantitative estimate of drug-likeness (QED) is 0.878. The molecule has 0 aromatic carbocycles. The Labute approximate surface area is 106 Å². The van der Waals surface area contributed by atoms with Gasteiger partial charge < -0.3 is 10.2 Å². The van der Waals surface area contributed by atoms with Crippen LogP contribution in [0.5, 0.6) is 0 Å². The van der Waals surface area contributed by atoms with Crippen molar-refractivity contribution in [3.63, 3.8) is 0 Å². The van der Waals surface area contributed by atoms with Crippen molar-refractivity contribution >= 4 is 17.2 Å². The third kappa shape index (κ3) is 3.26. The lowest BCUT2D eigenvalue weighted by atomic mass is 10.2. The first kappa shape index (κ1) is 12.5. The van der Waals surface area contributed by atoms with Crippen LogP contribution in [0.15, 0.2) is 0 Å². The fourth-order valence-corrected chi connectivity index (χ4v) is 2.87.